The fourth-order valence-corrected chi connectivity index (χ4v) is 5.29. The molecule has 184 valence electrons. The van der Waals surface area contributed by atoms with Crippen molar-refractivity contribution in [2.75, 3.05) is 0 Å². The van der Waals surface area contributed by atoms with Gasteiger partial charge in [0.2, 0.25) is 0 Å². The third kappa shape index (κ3) is 9.68. The van der Waals surface area contributed by atoms with Crippen molar-refractivity contribution in [1.29, 1.82) is 0 Å². The summed E-state index contributed by atoms with van der Waals surface area (Å²) < 4.78 is 0. The van der Waals surface area contributed by atoms with Crippen molar-refractivity contribution in [2.45, 2.75) is 136 Å². The van der Waals surface area contributed by atoms with Crippen LogP contribution in [-0.2, 0) is 18.3 Å². The van der Waals surface area contributed by atoms with Gasteiger partial charge in [0.05, 0.1) is 0 Å². The number of hydrogen-bond acceptors (Lipinski definition) is 0. The van der Waals surface area contributed by atoms with Gasteiger partial charge in [-0.3, -0.25) is 0 Å². The molecule has 0 aliphatic rings. The molecule has 0 aliphatic carbocycles. The second-order valence-electron chi connectivity index (χ2n) is 10.7. The van der Waals surface area contributed by atoms with Crippen LogP contribution >= 0.6 is 0 Å². The first-order chi connectivity index (χ1) is 16.1. The Morgan fingerprint density at radius 3 is 1.61 bits per heavy atom. The molecule has 0 nitrogen and oxygen atoms in total. The fraction of sp³-hybridized carbons (Fsp3) is 0.636. The van der Waals surface area contributed by atoms with E-state index in [0.717, 1.165) is 0 Å². The van der Waals surface area contributed by atoms with Gasteiger partial charge in [-0.25, -0.2) is 0 Å². The second-order valence-corrected chi connectivity index (χ2v) is 10.7. The largest absolute Gasteiger partial charge is 0.0654 e. The van der Waals surface area contributed by atoms with Crippen molar-refractivity contribution in [2.24, 2.45) is 0 Å². The lowest BCUT2D eigenvalue weighted by atomic mass is 9.74. The normalized spacial score (nSPS) is 11.8. The van der Waals surface area contributed by atoms with Gasteiger partial charge in [-0.05, 0) is 47.9 Å². The van der Waals surface area contributed by atoms with E-state index < -0.39 is 0 Å². The Morgan fingerprint density at radius 2 is 1.03 bits per heavy atom. The molecule has 2 rings (SSSR count). The highest BCUT2D eigenvalue weighted by molar-refractivity contribution is 5.46. The quantitative estimate of drug-likeness (QED) is 0.199. The van der Waals surface area contributed by atoms with Crippen LogP contribution in [0.1, 0.15) is 140 Å². The molecule has 0 atom stereocenters. The molecule has 0 aromatic heterocycles. The summed E-state index contributed by atoms with van der Waals surface area (Å²) in [5.74, 6) is 0. The van der Waals surface area contributed by atoms with Crippen LogP contribution in [0.5, 0.6) is 0 Å². The van der Waals surface area contributed by atoms with Crippen LogP contribution < -0.4 is 0 Å². The predicted molar refractivity (Wildman–Crippen MR) is 148 cm³/mol. The number of unbranched alkanes of at least 4 members (excludes halogenated alkanes) is 12. The molecule has 2 aromatic rings. The minimum Gasteiger partial charge on any atom is -0.0654 e. The van der Waals surface area contributed by atoms with Crippen LogP contribution in [0.2, 0.25) is 0 Å². The Bertz CT molecular complexity index is 740. The second kappa shape index (κ2) is 16.1. The van der Waals surface area contributed by atoms with Crippen molar-refractivity contribution in [3.05, 3.63) is 70.8 Å². The third-order valence-electron chi connectivity index (χ3n) is 7.52. The highest BCUT2D eigenvalue weighted by Gasteiger charge is 2.26. The van der Waals surface area contributed by atoms with E-state index >= 15 is 0 Å². The minimum atomic E-state index is 0.0495. The summed E-state index contributed by atoms with van der Waals surface area (Å²) in [6.07, 6.45) is 21.9. The maximum Gasteiger partial charge on any atom is 0.0149 e. The van der Waals surface area contributed by atoms with E-state index in [0.29, 0.717) is 0 Å². The van der Waals surface area contributed by atoms with Gasteiger partial charge in [-0.2, -0.15) is 0 Å². The summed E-state index contributed by atoms with van der Waals surface area (Å²) in [4.78, 5) is 0. The molecule has 33 heavy (non-hydrogen) atoms. The summed E-state index contributed by atoms with van der Waals surface area (Å²) in [7, 11) is 0. The molecule has 0 fully saturated rings. The molecule has 0 saturated carbocycles. The summed E-state index contributed by atoms with van der Waals surface area (Å²) in [5, 5.41) is 0. The van der Waals surface area contributed by atoms with Gasteiger partial charge in [0.1, 0.15) is 0 Å². The summed E-state index contributed by atoms with van der Waals surface area (Å²) >= 11 is 0. The van der Waals surface area contributed by atoms with Crippen molar-refractivity contribution in [3.63, 3.8) is 0 Å². The highest BCUT2D eigenvalue weighted by Crippen LogP contribution is 2.36. The smallest absolute Gasteiger partial charge is 0.0149 e. The van der Waals surface area contributed by atoms with Crippen molar-refractivity contribution >= 4 is 0 Å². The predicted octanol–water partition coefficient (Wildman–Crippen LogP) is 10.6. The van der Waals surface area contributed by atoms with Crippen LogP contribution in [0.4, 0.5) is 0 Å². The maximum atomic E-state index is 2.43. The average Bonchev–Trinajstić information content (AvgIpc) is 2.84. The highest BCUT2D eigenvalue weighted by atomic mass is 14.3. The molecular formula is C33H52. The fourth-order valence-electron chi connectivity index (χ4n) is 5.29. The number of hydrogen-bond donors (Lipinski definition) is 0. The molecule has 0 amide bonds. The standard InChI is InChI=1S/C33H52/c1-5-7-9-11-13-15-18-23-29-24-22-28-32(33(3,4)30-25-19-17-20-26-30)31(29)27-21-16-14-12-10-8-6-2/h17,19-20,22,24-26,28H,5-16,18,21,23,27H2,1-4H3. The molecule has 0 heteroatoms. The van der Waals surface area contributed by atoms with E-state index in [9.17, 15) is 0 Å². The molecule has 2 aromatic carbocycles. The number of aryl methyl sites for hydroxylation is 1. The van der Waals surface area contributed by atoms with Crippen LogP contribution in [0, 0.1) is 0 Å². The molecular weight excluding hydrogens is 396 g/mol. The van der Waals surface area contributed by atoms with Crippen LogP contribution in [0.25, 0.3) is 0 Å². The first-order valence-corrected chi connectivity index (χ1v) is 14.3. The molecule has 0 heterocycles. The molecule has 0 aliphatic heterocycles. The first-order valence-electron chi connectivity index (χ1n) is 14.3. The Morgan fingerprint density at radius 1 is 0.515 bits per heavy atom. The van der Waals surface area contributed by atoms with E-state index in [2.05, 4.69) is 76.2 Å². The maximum absolute atomic E-state index is 2.43. The van der Waals surface area contributed by atoms with Gasteiger partial charge in [-0.1, -0.05) is 153 Å². The Labute approximate surface area is 206 Å². The molecule has 0 N–H and O–H groups in total. The van der Waals surface area contributed by atoms with E-state index in [1.807, 2.05) is 0 Å². The number of benzene rings is 2. The molecule has 0 bridgehead atoms. The lowest BCUT2D eigenvalue weighted by Gasteiger charge is -2.30. The SMILES string of the molecule is CCCCCCCCCc1cccc(C(C)(C)c2ccccc2)c1CCCCCCCCC. The monoisotopic (exact) mass is 448 g/mol. The van der Waals surface area contributed by atoms with Gasteiger partial charge < -0.3 is 0 Å². The van der Waals surface area contributed by atoms with Gasteiger partial charge in [0.15, 0.2) is 0 Å². The van der Waals surface area contributed by atoms with Crippen LogP contribution in [0.3, 0.4) is 0 Å². The summed E-state index contributed by atoms with van der Waals surface area (Å²) in [5.41, 5.74) is 6.31. The molecule has 0 radical (unpaired) electrons. The Kier molecular flexibility index (Phi) is 13.5. The Hall–Kier alpha value is -1.56. The first kappa shape index (κ1) is 27.7. The molecule has 0 saturated heterocycles. The van der Waals surface area contributed by atoms with E-state index in [1.165, 1.54) is 108 Å². The average molecular weight is 449 g/mol. The topological polar surface area (TPSA) is 0 Å². The van der Waals surface area contributed by atoms with Crippen LogP contribution in [-0.4, -0.2) is 0 Å². The van der Waals surface area contributed by atoms with E-state index in [4.69, 9.17) is 0 Å². The molecule has 0 unspecified atom stereocenters. The van der Waals surface area contributed by atoms with Gasteiger partial charge in [0, 0.05) is 5.41 Å². The van der Waals surface area contributed by atoms with E-state index in [1.54, 1.807) is 16.7 Å². The van der Waals surface area contributed by atoms with Gasteiger partial charge in [0.25, 0.3) is 0 Å². The van der Waals surface area contributed by atoms with E-state index in [-0.39, 0.29) is 5.41 Å². The van der Waals surface area contributed by atoms with Crippen molar-refractivity contribution < 1.29 is 0 Å². The summed E-state index contributed by atoms with van der Waals surface area (Å²) in [6.45, 7) is 9.45. The summed E-state index contributed by atoms with van der Waals surface area (Å²) in [6, 6.07) is 18.3. The molecule has 0 spiro atoms. The van der Waals surface area contributed by atoms with Crippen molar-refractivity contribution in [1.82, 2.24) is 0 Å². The third-order valence-corrected chi connectivity index (χ3v) is 7.52. The zero-order chi connectivity index (χ0) is 23.8. The Balaban J connectivity index is 2.07. The lowest BCUT2D eigenvalue weighted by Crippen LogP contribution is -2.22. The zero-order valence-electron chi connectivity index (χ0n) is 22.4. The lowest BCUT2D eigenvalue weighted by molar-refractivity contribution is 0.575. The van der Waals surface area contributed by atoms with Gasteiger partial charge in [-0.15, -0.1) is 0 Å². The van der Waals surface area contributed by atoms with Crippen molar-refractivity contribution in [3.8, 4) is 0 Å². The minimum absolute atomic E-state index is 0.0495. The van der Waals surface area contributed by atoms with Crippen LogP contribution in [0.15, 0.2) is 48.5 Å². The van der Waals surface area contributed by atoms with Gasteiger partial charge >= 0.3 is 0 Å². The number of rotatable bonds is 18. The zero-order valence-corrected chi connectivity index (χ0v) is 22.4.